The summed E-state index contributed by atoms with van der Waals surface area (Å²) in [6.07, 6.45) is 8.75. The molecule has 1 aliphatic carbocycles. The van der Waals surface area contributed by atoms with Gasteiger partial charge >= 0.3 is 0 Å². The van der Waals surface area contributed by atoms with Crippen molar-refractivity contribution in [2.75, 3.05) is 19.8 Å². The second-order valence-corrected chi connectivity index (χ2v) is 5.00. The maximum Gasteiger partial charge on any atom is 0.0964 e. The van der Waals surface area contributed by atoms with Crippen LogP contribution in [0.4, 0.5) is 0 Å². The Morgan fingerprint density at radius 3 is 3.00 bits per heavy atom. The molecule has 6 heteroatoms. The fourth-order valence-corrected chi connectivity index (χ4v) is 2.38. The number of nitrogens with one attached hydrogen (secondary N) is 1. The number of aliphatic hydroxyl groups excluding tert-OH is 1. The van der Waals surface area contributed by atoms with Crippen molar-refractivity contribution in [3.8, 4) is 0 Å². The molecule has 1 aromatic rings. The van der Waals surface area contributed by atoms with Crippen LogP contribution in [0.3, 0.4) is 0 Å². The lowest BCUT2D eigenvalue weighted by Gasteiger charge is -2.21. The Morgan fingerprint density at radius 2 is 2.21 bits per heavy atom. The molecule has 1 saturated carbocycles. The largest absolute Gasteiger partial charge is 0.394 e. The molecule has 0 aromatic carbocycles. The summed E-state index contributed by atoms with van der Waals surface area (Å²) in [5.74, 6) is 0. The van der Waals surface area contributed by atoms with Crippen LogP contribution in [0, 0.1) is 0 Å². The van der Waals surface area contributed by atoms with Crippen LogP contribution < -0.4 is 5.32 Å². The van der Waals surface area contributed by atoms with Crippen LogP contribution in [0.2, 0.25) is 0 Å². The van der Waals surface area contributed by atoms with Gasteiger partial charge < -0.3 is 15.2 Å². The molecule has 0 spiro atoms. The quantitative estimate of drug-likeness (QED) is 0.679. The molecule has 0 amide bonds. The van der Waals surface area contributed by atoms with E-state index >= 15 is 0 Å². The minimum Gasteiger partial charge on any atom is -0.394 e. The van der Waals surface area contributed by atoms with E-state index in [-0.39, 0.29) is 6.61 Å². The molecule has 0 atom stereocenters. The average molecular weight is 268 g/mol. The summed E-state index contributed by atoms with van der Waals surface area (Å²) in [6.45, 7) is 2.88. The first-order chi connectivity index (χ1) is 9.38. The molecule has 108 valence electrons. The van der Waals surface area contributed by atoms with Gasteiger partial charge in [0.15, 0.2) is 0 Å². The highest BCUT2D eigenvalue weighted by molar-refractivity contribution is 4.91. The van der Waals surface area contributed by atoms with E-state index in [0.29, 0.717) is 19.2 Å². The van der Waals surface area contributed by atoms with Gasteiger partial charge in [-0.25, -0.2) is 4.68 Å². The summed E-state index contributed by atoms with van der Waals surface area (Å²) < 4.78 is 7.48. The first-order valence-electron chi connectivity index (χ1n) is 7.20. The number of hydrogen-bond donors (Lipinski definition) is 2. The predicted octanol–water partition coefficient (Wildman–Crippen LogP) is 0.709. The topological polar surface area (TPSA) is 72.2 Å². The third-order valence-corrected chi connectivity index (χ3v) is 3.41. The standard InChI is InChI=1S/C13H24N4O2/c18-8-7-17-11-12(15-16-17)10-14-6-9-19-13-4-2-1-3-5-13/h11,13-14,18H,1-10H2. The van der Waals surface area contributed by atoms with Crippen molar-refractivity contribution < 1.29 is 9.84 Å². The van der Waals surface area contributed by atoms with Gasteiger partial charge in [-0.15, -0.1) is 5.10 Å². The first-order valence-corrected chi connectivity index (χ1v) is 7.20. The van der Waals surface area contributed by atoms with E-state index in [2.05, 4.69) is 15.6 Å². The Bertz CT molecular complexity index is 350. The van der Waals surface area contributed by atoms with E-state index in [1.54, 1.807) is 4.68 Å². The lowest BCUT2D eigenvalue weighted by molar-refractivity contribution is 0.0302. The first kappa shape index (κ1) is 14.4. The zero-order valence-corrected chi connectivity index (χ0v) is 11.4. The van der Waals surface area contributed by atoms with E-state index in [0.717, 1.165) is 18.8 Å². The molecule has 0 radical (unpaired) electrons. The van der Waals surface area contributed by atoms with Gasteiger partial charge in [0.25, 0.3) is 0 Å². The summed E-state index contributed by atoms with van der Waals surface area (Å²) in [5.41, 5.74) is 0.895. The monoisotopic (exact) mass is 268 g/mol. The third kappa shape index (κ3) is 5.26. The normalized spacial score (nSPS) is 16.9. The Hall–Kier alpha value is -0.980. The number of rotatable bonds is 8. The van der Waals surface area contributed by atoms with Gasteiger partial charge in [-0.05, 0) is 12.8 Å². The molecule has 2 rings (SSSR count). The molecule has 0 aliphatic heterocycles. The summed E-state index contributed by atoms with van der Waals surface area (Å²) in [6, 6.07) is 0. The van der Waals surface area contributed by atoms with Gasteiger partial charge in [-0.3, -0.25) is 0 Å². The second kappa shape index (κ2) is 8.24. The van der Waals surface area contributed by atoms with Crippen LogP contribution in [-0.4, -0.2) is 46.0 Å². The Labute approximate surface area is 114 Å². The maximum absolute atomic E-state index is 8.78. The van der Waals surface area contributed by atoms with Crippen molar-refractivity contribution in [3.05, 3.63) is 11.9 Å². The smallest absolute Gasteiger partial charge is 0.0964 e. The summed E-state index contributed by atoms with van der Waals surface area (Å²) >= 11 is 0. The van der Waals surface area contributed by atoms with Crippen molar-refractivity contribution >= 4 is 0 Å². The molecule has 1 fully saturated rings. The molecule has 1 aromatic heterocycles. The van der Waals surface area contributed by atoms with E-state index < -0.39 is 0 Å². The minimum atomic E-state index is 0.0887. The molecule has 1 heterocycles. The van der Waals surface area contributed by atoms with Crippen molar-refractivity contribution in [2.45, 2.75) is 51.3 Å². The molecule has 0 unspecified atom stereocenters. The van der Waals surface area contributed by atoms with Crippen LogP contribution in [0.25, 0.3) is 0 Å². The van der Waals surface area contributed by atoms with Crippen LogP contribution in [0.5, 0.6) is 0 Å². The number of ether oxygens (including phenoxy) is 1. The number of hydrogen-bond acceptors (Lipinski definition) is 5. The lowest BCUT2D eigenvalue weighted by Crippen LogP contribution is -2.24. The zero-order chi connectivity index (χ0) is 13.3. The highest BCUT2D eigenvalue weighted by atomic mass is 16.5. The molecule has 2 N–H and O–H groups in total. The summed E-state index contributed by atoms with van der Waals surface area (Å²) in [4.78, 5) is 0. The number of aliphatic hydroxyl groups is 1. The Kier molecular flexibility index (Phi) is 6.26. The Balaban J connectivity index is 1.53. The second-order valence-electron chi connectivity index (χ2n) is 5.00. The number of nitrogens with zero attached hydrogens (tertiary/aromatic N) is 3. The van der Waals surface area contributed by atoms with Gasteiger partial charge in [-0.1, -0.05) is 24.5 Å². The van der Waals surface area contributed by atoms with Crippen LogP contribution in [0.1, 0.15) is 37.8 Å². The molecule has 0 bridgehead atoms. The van der Waals surface area contributed by atoms with Crippen molar-refractivity contribution in [1.29, 1.82) is 0 Å². The summed E-state index contributed by atoms with van der Waals surface area (Å²) in [7, 11) is 0. The molecular weight excluding hydrogens is 244 g/mol. The lowest BCUT2D eigenvalue weighted by atomic mass is 9.98. The summed E-state index contributed by atoms with van der Waals surface area (Å²) in [5, 5.41) is 20.0. The highest BCUT2D eigenvalue weighted by Crippen LogP contribution is 2.19. The predicted molar refractivity (Wildman–Crippen MR) is 71.6 cm³/mol. The van der Waals surface area contributed by atoms with Crippen LogP contribution in [-0.2, 0) is 17.8 Å². The Morgan fingerprint density at radius 1 is 1.37 bits per heavy atom. The number of aromatic nitrogens is 3. The third-order valence-electron chi connectivity index (χ3n) is 3.41. The fourth-order valence-electron chi connectivity index (χ4n) is 2.38. The van der Waals surface area contributed by atoms with E-state index in [9.17, 15) is 0 Å². The van der Waals surface area contributed by atoms with Crippen molar-refractivity contribution in [3.63, 3.8) is 0 Å². The molecule has 0 saturated heterocycles. The van der Waals surface area contributed by atoms with Gasteiger partial charge in [0, 0.05) is 19.3 Å². The molecular formula is C13H24N4O2. The molecule has 1 aliphatic rings. The zero-order valence-electron chi connectivity index (χ0n) is 11.4. The van der Waals surface area contributed by atoms with E-state index in [4.69, 9.17) is 9.84 Å². The van der Waals surface area contributed by atoms with Gasteiger partial charge in [0.05, 0.1) is 31.6 Å². The SMILES string of the molecule is OCCn1cc(CNCCOC2CCCCC2)nn1. The fraction of sp³-hybridized carbons (Fsp3) is 0.846. The van der Waals surface area contributed by atoms with Crippen molar-refractivity contribution in [1.82, 2.24) is 20.3 Å². The van der Waals surface area contributed by atoms with Gasteiger partial charge in [-0.2, -0.15) is 0 Å². The average Bonchev–Trinajstić information content (AvgIpc) is 2.88. The van der Waals surface area contributed by atoms with Crippen LogP contribution >= 0.6 is 0 Å². The van der Waals surface area contributed by atoms with Crippen LogP contribution in [0.15, 0.2) is 6.20 Å². The minimum absolute atomic E-state index is 0.0887. The van der Waals surface area contributed by atoms with E-state index in [1.807, 2.05) is 6.20 Å². The van der Waals surface area contributed by atoms with Gasteiger partial charge in [0.1, 0.15) is 0 Å². The van der Waals surface area contributed by atoms with Crippen molar-refractivity contribution in [2.24, 2.45) is 0 Å². The highest BCUT2D eigenvalue weighted by Gasteiger charge is 2.12. The maximum atomic E-state index is 8.78. The molecule has 6 nitrogen and oxygen atoms in total. The molecule has 19 heavy (non-hydrogen) atoms. The van der Waals surface area contributed by atoms with E-state index in [1.165, 1.54) is 32.1 Å². The van der Waals surface area contributed by atoms with Gasteiger partial charge in [0.2, 0.25) is 0 Å².